The van der Waals surface area contributed by atoms with Gasteiger partial charge in [0.2, 0.25) is 0 Å². The van der Waals surface area contributed by atoms with Crippen molar-refractivity contribution < 1.29 is 15.0 Å². The Labute approximate surface area is 202 Å². The maximum absolute atomic E-state index is 13.9. The van der Waals surface area contributed by atoms with Gasteiger partial charge in [0.1, 0.15) is 0 Å². The van der Waals surface area contributed by atoms with E-state index >= 15 is 0 Å². The van der Waals surface area contributed by atoms with Gasteiger partial charge >= 0.3 is 0 Å². The van der Waals surface area contributed by atoms with E-state index in [1.54, 1.807) is 0 Å². The van der Waals surface area contributed by atoms with Crippen molar-refractivity contribution in [1.82, 2.24) is 0 Å². The molecule has 2 saturated carbocycles. The summed E-state index contributed by atoms with van der Waals surface area (Å²) in [7, 11) is 0. The standard InChI is InChI=1S/C30H48O3/c1-19(10-9-14-26(2,3)33)20-11-17-30(8)25-21(12-16-29(20,30)7)28(6)15-13-24(32)27(4,5)23(28)18-22(25)31/h9,14,19-20,23-24,32-33H,10-13,15-18H2,1-8H3/b14-9+/t19-,20+,23-,24+,28-,29+,30-/m1/s1. The lowest BCUT2D eigenvalue weighted by Crippen LogP contribution is -2.57. The van der Waals surface area contributed by atoms with Gasteiger partial charge in [-0.25, -0.2) is 0 Å². The molecular weight excluding hydrogens is 408 g/mol. The topological polar surface area (TPSA) is 57.5 Å². The lowest BCUT2D eigenvalue weighted by Gasteiger charge is -2.61. The van der Waals surface area contributed by atoms with Crippen LogP contribution in [0.15, 0.2) is 23.3 Å². The van der Waals surface area contributed by atoms with Crippen molar-refractivity contribution in [2.75, 3.05) is 0 Å². The number of carbonyl (C=O) groups is 1. The average Bonchev–Trinajstić information content (AvgIpc) is 2.97. The van der Waals surface area contributed by atoms with Crippen LogP contribution < -0.4 is 0 Å². The van der Waals surface area contributed by atoms with Crippen LogP contribution in [0, 0.1) is 39.4 Å². The van der Waals surface area contributed by atoms with Crippen LogP contribution in [-0.2, 0) is 4.79 Å². The summed E-state index contributed by atoms with van der Waals surface area (Å²) >= 11 is 0. The van der Waals surface area contributed by atoms with Gasteiger partial charge < -0.3 is 10.2 Å². The molecule has 4 aliphatic rings. The van der Waals surface area contributed by atoms with Crippen molar-refractivity contribution >= 4 is 5.78 Å². The Morgan fingerprint density at radius 1 is 1.09 bits per heavy atom. The minimum Gasteiger partial charge on any atom is -0.393 e. The summed E-state index contributed by atoms with van der Waals surface area (Å²) in [6, 6.07) is 0. The molecule has 0 heterocycles. The van der Waals surface area contributed by atoms with Gasteiger partial charge in [0.05, 0.1) is 11.7 Å². The van der Waals surface area contributed by atoms with Crippen molar-refractivity contribution in [3.05, 3.63) is 23.3 Å². The summed E-state index contributed by atoms with van der Waals surface area (Å²) in [5.74, 6) is 1.73. The van der Waals surface area contributed by atoms with Gasteiger partial charge in [-0.2, -0.15) is 0 Å². The fraction of sp³-hybridized carbons (Fsp3) is 0.833. The van der Waals surface area contributed by atoms with Gasteiger partial charge in [-0.15, -0.1) is 0 Å². The molecule has 0 aromatic heterocycles. The van der Waals surface area contributed by atoms with Crippen LogP contribution in [0.3, 0.4) is 0 Å². The summed E-state index contributed by atoms with van der Waals surface area (Å²) < 4.78 is 0. The molecule has 2 N–H and O–H groups in total. The molecule has 4 rings (SSSR count). The molecule has 3 heteroatoms. The van der Waals surface area contributed by atoms with Crippen LogP contribution >= 0.6 is 0 Å². The lowest BCUT2D eigenvalue weighted by molar-refractivity contribution is -0.134. The second-order valence-electron chi connectivity index (χ2n) is 14.0. The minimum absolute atomic E-state index is 0.0372. The Bertz CT molecular complexity index is 873. The Morgan fingerprint density at radius 3 is 2.39 bits per heavy atom. The summed E-state index contributed by atoms with van der Waals surface area (Å²) in [5, 5.41) is 20.8. The molecule has 0 spiro atoms. The summed E-state index contributed by atoms with van der Waals surface area (Å²) in [6.07, 6.45) is 11.7. The molecule has 33 heavy (non-hydrogen) atoms. The van der Waals surface area contributed by atoms with E-state index in [9.17, 15) is 15.0 Å². The first kappa shape index (κ1) is 25.2. The Kier molecular flexibility index (Phi) is 5.94. The Balaban J connectivity index is 1.69. The molecule has 0 aromatic carbocycles. The first-order chi connectivity index (χ1) is 15.1. The molecule has 2 fully saturated rings. The Hall–Kier alpha value is -0.930. The fourth-order valence-electron chi connectivity index (χ4n) is 9.04. The zero-order valence-electron chi connectivity index (χ0n) is 22.4. The second kappa shape index (κ2) is 7.79. The first-order valence-electron chi connectivity index (χ1n) is 13.4. The number of fused-ring (bicyclic) bond motifs is 4. The van der Waals surface area contributed by atoms with Gasteiger partial charge in [-0.1, -0.05) is 59.3 Å². The molecule has 0 aliphatic heterocycles. The lowest BCUT2D eigenvalue weighted by atomic mass is 9.43. The predicted octanol–water partition coefficient (Wildman–Crippen LogP) is 6.63. The van der Waals surface area contributed by atoms with E-state index in [0.717, 1.165) is 38.5 Å². The molecule has 0 amide bonds. The van der Waals surface area contributed by atoms with Crippen LogP contribution in [-0.4, -0.2) is 27.7 Å². The largest absolute Gasteiger partial charge is 0.393 e. The van der Waals surface area contributed by atoms with Crippen LogP contribution in [0.2, 0.25) is 0 Å². The van der Waals surface area contributed by atoms with E-state index in [1.165, 1.54) is 17.6 Å². The monoisotopic (exact) mass is 456 g/mol. The highest BCUT2D eigenvalue weighted by molar-refractivity contribution is 5.99. The molecular formula is C30H48O3. The second-order valence-corrected chi connectivity index (χ2v) is 14.0. The quantitative estimate of drug-likeness (QED) is 0.467. The third kappa shape index (κ3) is 3.63. The maximum atomic E-state index is 13.9. The van der Waals surface area contributed by atoms with E-state index in [4.69, 9.17) is 0 Å². The predicted molar refractivity (Wildman–Crippen MR) is 135 cm³/mol. The number of rotatable bonds is 4. The zero-order chi connectivity index (χ0) is 24.6. The molecule has 4 aliphatic carbocycles. The fourth-order valence-corrected chi connectivity index (χ4v) is 9.04. The number of allylic oxidation sites excluding steroid dienone is 3. The normalized spacial score (nSPS) is 43.9. The van der Waals surface area contributed by atoms with Gasteiger partial charge in [0.25, 0.3) is 0 Å². The average molecular weight is 457 g/mol. The molecule has 0 bridgehead atoms. The van der Waals surface area contributed by atoms with Crippen LogP contribution in [0.4, 0.5) is 0 Å². The summed E-state index contributed by atoms with van der Waals surface area (Å²) in [5.41, 5.74) is 1.79. The van der Waals surface area contributed by atoms with E-state index in [0.29, 0.717) is 24.0 Å². The number of ketones is 1. The van der Waals surface area contributed by atoms with Crippen molar-refractivity contribution in [1.29, 1.82) is 0 Å². The first-order valence-corrected chi connectivity index (χ1v) is 13.4. The summed E-state index contributed by atoms with van der Waals surface area (Å²) in [6.45, 7) is 17.7. The van der Waals surface area contributed by atoms with Gasteiger partial charge in [-0.3, -0.25) is 4.79 Å². The van der Waals surface area contributed by atoms with Gasteiger partial charge in [-0.05, 0) is 92.8 Å². The van der Waals surface area contributed by atoms with E-state index in [2.05, 4.69) is 47.6 Å². The zero-order valence-corrected chi connectivity index (χ0v) is 22.4. The van der Waals surface area contributed by atoms with E-state index in [1.807, 2.05) is 19.9 Å². The highest BCUT2D eigenvalue weighted by atomic mass is 16.3. The smallest absolute Gasteiger partial charge is 0.159 e. The molecule has 0 aromatic rings. The number of hydrogen-bond acceptors (Lipinski definition) is 3. The molecule has 3 nitrogen and oxygen atoms in total. The number of Topliss-reactive ketones (excluding diaryl/α,β-unsaturated/α-hetero) is 1. The van der Waals surface area contributed by atoms with Gasteiger partial charge in [0, 0.05) is 17.4 Å². The number of aliphatic hydroxyl groups excluding tert-OH is 1. The highest BCUT2D eigenvalue weighted by Crippen LogP contribution is 2.71. The highest BCUT2D eigenvalue weighted by Gasteiger charge is 2.65. The van der Waals surface area contributed by atoms with Crippen molar-refractivity contribution in [2.24, 2.45) is 39.4 Å². The Morgan fingerprint density at radius 2 is 1.76 bits per heavy atom. The molecule has 0 unspecified atom stereocenters. The van der Waals surface area contributed by atoms with Gasteiger partial charge in [0.15, 0.2) is 5.78 Å². The van der Waals surface area contributed by atoms with E-state index in [-0.39, 0.29) is 33.7 Å². The van der Waals surface area contributed by atoms with Crippen molar-refractivity contribution in [3.63, 3.8) is 0 Å². The molecule has 7 atom stereocenters. The summed E-state index contributed by atoms with van der Waals surface area (Å²) in [4.78, 5) is 13.9. The number of carbonyl (C=O) groups excluding carboxylic acids is 1. The van der Waals surface area contributed by atoms with Crippen molar-refractivity contribution in [2.45, 2.75) is 118 Å². The maximum Gasteiger partial charge on any atom is 0.159 e. The van der Waals surface area contributed by atoms with Crippen LogP contribution in [0.25, 0.3) is 0 Å². The van der Waals surface area contributed by atoms with Crippen LogP contribution in [0.5, 0.6) is 0 Å². The molecule has 186 valence electrons. The third-order valence-electron chi connectivity index (χ3n) is 11.3. The number of hydrogen-bond donors (Lipinski definition) is 2. The van der Waals surface area contributed by atoms with E-state index < -0.39 is 5.60 Å². The minimum atomic E-state index is -0.764. The van der Waals surface area contributed by atoms with Crippen molar-refractivity contribution in [3.8, 4) is 0 Å². The SMILES string of the molecule is C[C@H](C/C=C/C(C)(C)O)[C@@H]1CC[C@]2(C)C3=C(CC[C@@]12C)[C@@]1(C)CC[C@H](O)C(C)(C)[C@H]1CC3=O. The third-order valence-corrected chi connectivity index (χ3v) is 11.3. The molecule has 0 saturated heterocycles. The van der Waals surface area contributed by atoms with Crippen LogP contribution in [0.1, 0.15) is 107 Å². The molecule has 0 radical (unpaired) electrons. The number of aliphatic hydroxyl groups is 2.